The van der Waals surface area contributed by atoms with E-state index in [9.17, 15) is 4.79 Å². The van der Waals surface area contributed by atoms with Crippen molar-refractivity contribution >= 4 is 47.9 Å². The number of aryl methyl sites for hydroxylation is 3. The second-order valence-electron chi connectivity index (χ2n) is 24.4. The van der Waals surface area contributed by atoms with Gasteiger partial charge < -0.3 is 48.2 Å². The monoisotopic (exact) mass is 1590 g/mol. The molecule has 94 heavy (non-hydrogen) atoms. The number of rotatable bonds is 38. The number of benzene rings is 7. The second kappa shape index (κ2) is 54.6. The molecule has 10 rings (SSSR count). The summed E-state index contributed by atoms with van der Waals surface area (Å²) in [5.41, 5.74) is 5.88. The number of aromatic carboxylic acids is 1. The Morgan fingerprint density at radius 1 is 0.404 bits per heavy atom. The summed E-state index contributed by atoms with van der Waals surface area (Å²) in [5, 5.41) is 15.6. The van der Waals surface area contributed by atoms with Crippen LogP contribution in [0.15, 0.2) is 214 Å². The molecule has 10 aromatic rings. The third kappa shape index (κ3) is 36.8. The Labute approximate surface area is 616 Å². The fourth-order valence-electron chi connectivity index (χ4n) is 11.2. The molecule has 1 N–H and O–H groups in total. The van der Waals surface area contributed by atoms with Crippen molar-refractivity contribution in [2.75, 3.05) is 0 Å². The summed E-state index contributed by atoms with van der Waals surface area (Å²) < 4.78 is 15.0. The number of carboxylic acids is 1. The minimum Gasteiger partial charge on any atom is -1.00 e. The van der Waals surface area contributed by atoms with Crippen LogP contribution in [0.1, 0.15) is 240 Å². The van der Waals surface area contributed by atoms with Gasteiger partial charge in [-0.2, -0.15) is 12.1 Å². The smallest absolute Gasteiger partial charge is 1.00 e. The Bertz CT molecular complexity index is 3210. The van der Waals surface area contributed by atoms with Crippen LogP contribution in [0.2, 0.25) is 0 Å². The van der Waals surface area contributed by atoms with Gasteiger partial charge in [-0.1, -0.05) is 285 Å². The van der Waals surface area contributed by atoms with Crippen LogP contribution in [-0.2, 0) is 36.3 Å². The van der Waals surface area contributed by atoms with Gasteiger partial charge in [0.2, 0.25) is 0 Å². The molecule has 3 aromatic heterocycles. The summed E-state index contributed by atoms with van der Waals surface area (Å²) in [6, 6.07) is 68.2. The van der Waals surface area contributed by atoms with Crippen LogP contribution in [0, 0.1) is 7.14 Å². The van der Waals surface area contributed by atoms with Crippen molar-refractivity contribution in [1.82, 2.24) is 0 Å². The molecule has 0 radical (unpaired) electrons. The Morgan fingerprint density at radius 3 is 1.16 bits per heavy atom. The van der Waals surface area contributed by atoms with Crippen LogP contribution in [0.5, 0.6) is 0 Å². The number of hydrogen-bond donors (Lipinski definition) is 1. The van der Waals surface area contributed by atoms with Gasteiger partial charge in [0.15, 0.2) is 16.7 Å². The average Bonchev–Trinajstić information content (AvgIpc) is 1.68. The molecule has 0 amide bonds. The summed E-state index contributed by atoms with van der Waals surface area (Å²) in [5.74, 6) is -0.258. The van der Waals surface area contributed by atoms with E-state index in [1.807, 2.05) is 30.3 Å². The number of carboxylic acid groups (broad SMARTS) is 1. The topological polar surface area (TPSA) is 63.6 Å². The maximum atomic E-state index is 10.2. The molecule has 1 atom stereocenters. The summed E-state index contributed by atoms with van der Waals surface area (Å²) in [7, 11) is 0.131. The Kier molecular flexibility index (Phi) is 48.7. The van der Waals surface area contributed by atoms with Crippen molar-refractivity contribution in [3.8, 4) is 16.4 Å². The van der Waals surface area contributed by atoms with Crippen LogP contribution >= 0.6 is 21.8 Å². The fourth-order valence-corrected chi connectivity index (χ4v) is 16.1. The predicted octanol–water partition coefficient (Wildman–Crippen LogP) is 18.3. The molecular weight excluding hydrogens is 1490 g/mol. The normalized spacial score (nSPS) is 10.7. The molecule has 7 aromatic carbocycles. The molecule has 0 aliphatic rings. The van der Waals surface area contributed by atoms with E-state index in [-0.39, 0.29) is 82.7 Å². The molecule has 0 saturated heterocycles. The summed E-state index contributed by atoms with van der Waals surface area (Å²) in [4.78, 5) is 11.6. The van der Waals surface area contributed by atoms with Gasteiger partial charge in [-0.25, -0.2) is 4.79 Å². The first kappa shape index (κ1) is 83.8. The van der Waals surface area contributed by atoms with Gasteiger partial charge in [0.05, 0.1) is 5.56 Å². The average molecular weight is 1600 g/mol. The van der Waals surface area contributed by atoms with Gasteiger partial charge in [0.25, 0.3) is 5.96 Å². The molecule has 514 valence electrons. The van der Waals surface area contributed by atoms with E-state index < -0.39 is 5.97 Å². The molecule has 0 spiro atoms. The first-order valence-corrected chi connectivity index (χ1v) is 39.7. The number of unbranched alkanes of at least 4 members (excludes halogenated alkanes) is 27. The zero-order valence-electron chi connectivity index (χ0n) is 56.9. The van der Waals surface area contributed by atoms with Crippen molar-refractivity contribution in [2.24, 2.45) is 0 Å². The third-order valence-corrected chi connectivity index (χ3v) is 22.4. The van der Waals surface area contributed by atoms with Crippen LogP contribution < -0.4 is 55.2 Å². The number of carbonyl (C=O) groups is 1. The molecule has 3 heterocycles. The number of thiophene rings is 2. The maximum absolute atomic E-state index is 10.2. The van der Waals surface area contributed by atoms with Gasteiger partial charge in [0, 0.05) is 26.6 Å². The van der Waals surface area contributed by atoms with Crippen LogP contribution in [0.25, 0.3) is 36.6 Å². The fraction of sp³-hybridized carbons (Fsp3) is 0.429. The summed E-state index contributed by atoms with van der Waals surface area (Å²) in [6.07, 6.45) is 46.2. The number of hydrogen-bond acceptors (Lipinski definition) is 4. The SMILES string of the molecule is CCCCCCCCCCCCc1ccc(-[s+]2ccc3ccccc32)cc1.CCCCCCCCCCCCc1ccc([I+]c2ccc(CCCCCCCCCCCC)cc2)cc1.O=C(O)c1ccccc1.[Br-].[Br-].[Cu+].c1ccc(-[c-]2oo2)cc1.c1ccc2sccc2c1. The Balaban J connectivity index is 0.000000346. The second-order valence-corrected chi connectivity index (χ2v) is 30.3. The van der Waals surface area contributed by atoms with Crippen molar-refractivity contribution in [1.29, 1.82) is 0 Å². The Hall–Kier alpha value is -4.39. The Morgan fingerprint density at radius 2 is 0.766 bits per heavy atom. The predicted molar refractivity (Wildman–Crippen MR) is 392 cm³/mol. The van der Waals surface area contributed by atoms with Crippen molar-refractivity contribution < 1.29 is 91.3 Å². The standard InChI is InChI=1S/C36H58I.C26H35S.C8H6S.C7H5O2.C7H6O2.2BrH.Cu/c1-3-5-7-9-11-13-15-17-19-21-23-33-25-29-35(30-26-33)37-36-31-27-34(28-32-36)24-22-20-18-16-14-12-10-8-6-4-2;1-2-3-4-5-6-7-8-9-10-11-14-23-17-19-25(20-18-23)27-22-21-24-15-12-13-16-26(24)27;1-2-4-8-7(3-1)5-6-9-8;1-2-4-6(5-3-1)7-8-9-7;8-7(9)6-4-2-1-3-5-6;;;/h25-32H,3-24H2,1-2H3;12-13,15-22H,2-11,14H2,1H3;1-6H;1-5H;1-5H,(H,8,9);2*1H;/q2*+1;;-1;;;;+1/p-2. The minimum absolute atomic E-state index is 0. The van der Waals surface area contributed by atoms with Crippen LogP contribution in [-0.4, -0.2) is 11.1 Å². The minimum atomic E-state index is -0.879. The molecule has 0 bridgehead atoms. The van der Waals surface area contributed by atoms with Gasteiger partial charge >= 0.3 is 44.2 Å². The summed E-state index contributed by atoms with van der Waals surface area (Å²) in [6.45, 7) is 6.89. The van der Waals surface area contributed by atoms with Crippen molar-refractivity contribution in [3.05, 3.63) is 234 Å². The van der Waals surface area contributed by atoms with Gasteiger partial charge in [-0.3, -0.25) is 0 Å². The van der Waals surface area contributed by atoms with E-state index in [2.05, 4.69) is 174 Å². The van der Waals surface area contributed by atoms with Gasteiger partial charge in [-0.05, 0) is 139 Å². The van der Waals surface area contributed by atoms with Crippen LogP contribution in [0.4, 0.5) is 0 Å². The van der Waals surface area contributed by atoms with Crippen molar-refractivity contribution in [2.45, 2.75) is 233 Å². The van der Waals surface area contributed by atoms with E-state index in [4.69, 9.17) is 5.11 Å². The van der Waals surface area contributed by atoms with Crippen molar-refractivity contribution in [3.63, 3.8) is 0 Å². The zero-order chi connectivity index (χ0) is 63.9. The van der Waals surface area contributed by atoms with E-state index >= 15 is 0 Å². The largest absolute Gasteiger partial charge is 1.00 e. The first-order valence-electron chi connectivity index (χ1n) is 35.3. The maximum Gasteiger partial charge on any atom is 1.00 e. The van der Waals surface area contributed by atoms with E-state index in [0.29, 0.717) is 11.5 Å². The molecule has 0 saturated carbocycles. The van der Waals surface area contributed by atoms with Gasteiger partial charge in [-0.15, -0.1) is 29.0 Å². The molecule has 4 nitrogen and oxygen atoms in total. The van der Waals surface area contributed by atoms with Gasteiger partial charge in [0.1, 0.15) is 5.38 Å². The molecular formula is C84H110Br2CuIO4S2. The first-order chi connectivity index (χ1) is 44.9. The molecule has 0 fully saturated rings. The third-order valence-electron chi connectivity index (χ3n) is 16.8. The van der Waals surface area contributed by atoms with E-state index in [0.717, 1.165) is 5.56 Å². The molecule has 0 aliphatic carbocycles. The number of fused-ring (bicyclic) bond motifs is 2. The number of halogens is 3. The van der Waals surface area contributed by atoms with E-state index in [1.165, 1.54) is 254 Å². The van der Waals surface area contributed by atoms with E-state index in [1.54, 1.807) is 48.8 Å². The zero-order valence-corrected chi connectivity index (χ0v) is 64.8. The molecule has 10 heteroatoms. The summed E-state index contributed by atoms with van der Waals surface area (Å²) >= 11 is 1.73. The van der Waals surface area contributed by atoms with Crippen LogP contribution in [0.3, 0.4) is 0 Å². The quantitative estimate of drug-likeness (QED) is 0.0105. The molecule has 1 unspecified atom stereocenters. The molecule has 0 aliphatic heterocycles.